The van der Waals surface area contributed by atoms with E-state index in [9.17, 15) is 13.2 Å². The van der Waals surface area contributed by atoms with E-state index in [0.29, 0.717) is 12.3 Å². The van der Waals surface area contributed by atoms with E-state index >= 15 is 0 Å². The summed E-state index contributed by atoms with van der Waals surface area (Å²) in [5, 5.41) is 0. The average Bonchev–Trinajstić information content (AvgIpc) is 3.62. The summed E-state index contributed by atoms with van der Waals surface area (Å²) < 4.78 is 36.6. The molecule has 0 amide bonds. The molecule has 0 aromatic heterocycles. The molecule has 7 rings (SSSR count). The molecule has 2 atom stereocenters. The first-order valence-electron chi connectivity index (χ1n) is 12.2. The molecule has 1 aromatic rings. The summed E-state index contributed by atoms with van der Waals surface area (Å²) in [4.78, 5) is 0. The summed E-state index contributed by atoms with van der Waals surface area (Å²) in [6.45, 7) is 0. The standard InChI is InChI=1S/C8H10F3.2C7H11.C5H5.Zr/c9-8(10,11)7-4-5-1-2-6(7)3-5;2*1-2-7-4-3-6(1)5-7;1-2-4-5-3-1;/h5,7H,1-4H2;2*6H,1-5H2;1-5H;/q4*-1;+4. The predicted molar refractivity (Wildman–Crippen MR) is 116 cm³/mol. The van der Waals surface area contributed by atoms with Crippen molar-refractivity contribution in [3.8, 4) is 0 Å². The third-order valence-electron chi connectivity index (χ3n) is 8.22. The van der Waals surface area contributed by atoms with E-state index in [0.717, 1.165) is 37.0 Å². The van der Waals surface area contributed by atoms with Gasteiger partial charge in [-0.3, -0.25) is 0 Å². The zero-order valence-electron chi connectivity index (χ0n) is 18.7. The molecular weight excluding hydrogens is 473 g/mol. The fraction of sp³-hybridized carbons (Fsp3) is 0.704. The van der Waals surface area contributed by atoms with E-state index in [4.69, 9.17) is 0 Å². The molecule has 2 unspecified atom stereocenters. The van der Waals surface area contributed by atoms with Crippen molar-refractivity contribution in [2.24, 2.45) is 23.7 Å². The Labute approximate surface area is 206 Å². The summed E-state index contributed by atoms with van der Waals surface area (Å²) in [7, 11) is 0. The van der Waals surface area contributed by atoms with Gasteiger partial charge < -0.3 is 17.8 Å². The Balaban J connectivity index is 0.000000120. The molecule has 0 heterocycles. The van der Waals surface area contributed by atoms with Crippen molar-refractivity contribution in [2.45, 2.75) is 96.1 Å². The van der Waals surface area contributed by atoms with E-state index in [1.165, 1.54) is 64.2 Å². The van der Waals surface area contributed by atoms with E-state index in [-0.39, 0.29) is 26.2 Å². The van der Waals surface area contributed by atoms with Crippen LogP contribution in [0.25, 0.3) is 0 Å². The van der Waals surface area contributed by atoms with Gasteiger partial charge in [0.25, 0.3) is 0 Å². The average molecular weight is 510 g/mol. The zero-order chi connectivity index (χ0) is 21.0. The number of fused-ring (bicyclic) bond motifs is 6. The summed E-state index contributed by atoms with van der Waals surface area (Å²) in [6, 6.07) is 10.0. The molecule has 0 aliphatic heterocycles. The smallest absolute Gasteiger partial charge is 0.313 e. The summed E-state index contributed by atoms with van der Waals surface area (Å²) in [6.07, 6.45) is 13.9. The van der Waals surface area contributed by atoms with Crippen LogP contribution in [0.4, 0.5) is 13.2 Å². The van der Waals surface area contributed by atoms with Crippen LogP contribution in [0.5, 0.6) is 0 Å². The third-order valence-corrected chi connectivity index (χ3v) is 8.22. The maximum atomic E-state index is 12.2. The topological polar surface area (TPSA) is 0 Å². The summed E-state index contributed by atoms with van der Waals surface area (Å²) >= 11 is 0. The first-order valence-corrected chi connectivity index (χ1v) is 12.2. The Kier molecular flexibility index (Phi) is 9.88. The van der Waals surface area contributed by atoms with Gasteiger partial charge in [-0.05, 0) is 0 Å². The molecule has 0 nitrogen and oxygen atoms in total. The quantitative estimate of drug-likeness (QED) is 0.307. The maximum Gasteiger partial charge on any atom is 4.00 e. The van der Waals surface area contributed by atoms with E-state index in [1.807, 2.05) is 42.2 Å². The molecule has 0 spiro atoms. The molecule has 6 aliphatic carbocycles. The Hall–Kier alpha value is 0.0231. The van der Waals surface area contributed by atoms with Crippen LogP contribution in [-0.2, 0) is 26.2 Å². The first kappa shape index (κ1) is 25.6. The summed E-state index contributed by atoms with van der Waals surface area (Å²) in [5.74, 6) is 6.08. The van der Waals surface area contributed by atoms with Crippen LogP contribution >= 0.6 is 0 Å². The number of hydrogen-bond donors (Lipinski definition) is 0. The van der Waals surface area contributed by atoms with E-state index < -0.39 is 12.1 Å². The minimum Gasteiger partial charge on any atom is -0.313 e. The van der Waals surface area contributed by atoms with E-state index in [1.54, 1.807) is 0 Å². The zero-order valence-corrected chi connectivity index (χ0v) is 21.2. The van der Waals surface area contributed by atoms with Crippen molar-refractivity contribution < 1.29 is 39.4 Å². The molecule has 31 heavy (non-hydrogen) atoms. The molecule has 6 aliphatic rings. The Morgan fingerprint density at radius 2 is 1.16 bits per heavy atom. The van der Waals surface area contributed by atoms with Gasteiger partial charge in [0.15, 0.2) is 0 Å². The molecular formula is C27H37F3Zr. The fourth-order valence-electron chi connectivity index (χ4n) is 6.47. The van der Waals surface area contributed by atoms with Gasteiger partial charge in [-0.2, -0.15) is 82.7 Å². The Morgan fingerprint density at radius 1 is 0.677 bits per heavy atom. The molecule has 1 aromatic carbocycles. The molecule has 6 fully saturated rings. The van der Waals surface area contributed by atoms with Gasteiger partial charge >= 0.3 is 32.4 Å². The van der Waals surface area contributed by atoms with Crippen LogP contribution in [-0.4, -0.2) is 6.18 Å². The third kappa shape index (κ3) is 7.51. The number of hydrogen-bond acceptors (Lipinski definition) is 0. The van der Waals surface area contributed by atoms with Crippen molar-refractivity contribution in [1.82, 2.24) is 0 Å². The van der Waals surface area contributed by atoms with Crippen LogP contribution in [0.15, 0.2) is 30.3 Å². The second-order valence-electron chi connectivity index (χ2n) is 10.4. The molecule has 0 radical (unpaired) electrons. The molecule has 0 N–H and O–H groups in total. The van der Waals surface area contributed by atoms with Crippen LogP contribution in [0, 0.1) is 41.4 Å². The molecule has 170 valence electrons. The minimum atomic E-state index is -3.95. The van der Waals surface area contributed by atoms with E-state index in [2.05, 4.69) is 0 Å². The number of alkyl halides is 3. The van der Waals surface area contributed by atoms with Crippen molar-refractivity contribution in [3.05, 3.63) is 48.1 Å². The Morgan fingerprint density at radius 3 is 1.32 bits per heavy atom. The predicted octanol–water partition coefficient (Wildman–Crippen LogP) is 8.66. The van der Waals surface area contributed by atoms with Crippen LogP contribution in [0.1, 0.15) is 89.9 Å². The number of rotatable bonds is 0. The Bertz CT molecular complexity index is 535. The maximum absolute atomic E-state index is 12.2. The molecule has 0 saturated heterocycles. The summed E-state index contributed by atoms with van der Waals surface area (Å²) in [5.41, 5.74) is 0. The van der Waals surface area contributed by atoms with Crippen molar-refractivity contribution in [3.63, 3.8) is 0 Å². The second kappa shape index (κ2) is 11.9. The largest absolute Gasteiger partial charge is 4.00 e. The second-order valence-corrected chi connectivity index (χ2v) is 10.4. The van der Waals surface area contributed by atoms with Gasteiger partial charge in [0.1, 0.15) is 0 Å². The molecule has 6 saturated carbocycles. The first-order chi connectivity index (χ1) is 14.5. The van der Waals surface area contributed by atoms with Crippen molar-refractivity contribution >= 4 is 0 Å². The minimum absolute atomic E-state index is 0. The molecule has 4 heteroatoms. The van der Waals surface area contributed by atoms with Gasteiger partial charge in [0, 0.05) is 0 Å². The van der Waals surface area contributed by atoms with Gasteiger partial charge in [0.2, 0.25) is 0 Å². The van der Waals surface area contributed by atoms with Gasteiger partial charge in [0.05, 0.1) is 0 Å². The van der Waals surface area contributed by atoms with Crippen LogP contribution in [0.3, 0.4) is 0 Å². The monoisotopic (exact) mass is 508 g/mol. The van der Waals surface area contributed by atoms with Crippen molar-refractivity contribution in [1.29, 1.82) is 0 Å². The van der Waals surface area contributed by atoms with Gasteiger partial charge in [-0.15, -0.1) is 0 Å². The van der Waals surface area contributed by atoms with Gasteiger partial charge in [-0.25, -0.2) is 12.1 Å². The van der Waals surface area contributed by atoms with Crippen molar-refractivity contribution in [2.75, 3.05) is 0 Å². The SMILES string of the molecule is C1CC2CC[C-]1C2.C1CC2CC[C-]1C2.FC(F)(F)C1CC2CC[C-]1C2.[Zr+4].c1cc[cH-]c1. The van der Waals surface area contributed by atoms with Crippen LogP contribution in [0.2, 0.25) is 0 Å². The van der Waals surface area contributed by atoms with Gasteiger partial charge in [-0.1, -0.05) is 62.2 Å². The van der Waals surface area contributed by atoms with Crippen LogP contribution < -0.4 is 0 Å². The number of halogens is 3. The fourth-order valence-corrected chi connectivity index (χ4v) is 6.47. The normalized spacial score (nSPS) is 29.6. The molecule has 6 bridgehead atoms.